The molecule has 1 atom stereocenters. The first-order valence-electron chi connectivity index (χ1n) is 7.38. The smallest absolute Gasteiger partial charge is 0.122 e. The fourth-order valence-corrected chi connectivity index (χ4v) is 2.99. The Kier molecular flexibility index (Phi) is 5.40. The summed E-state index contributed by atoms with van der Waals surface area (Å²) in [6, 6.07) is 4.19. The van der Waals surface area contributed by atoms with E-state index < -0.39 is 0 Å². The average Bonchev–Trinajstić information content (AvgIpc) is 2.74. The van der Waals surface area contributed by atoms with Crippen molar-refractivity contribution in [2.24, 2.45) is 0 Å². The summed E-state index contributed by atoms with van der Waals surface area (Å²) >= 11 is 0. The van der Waals surface area contributed by atoms with Crippen molar-refractivity contribution in [3.63, 3.8) is 0 Å². The highest BCUT2D eigenvalue weighted by Gasteiger charge is 2.23. The van der Waals surface area contributed by atoms with Gasteiger partial charge in [-0.2, -0.15) is 0 Å². The number of hydrogen-bond donors (Lipinski definition) is 2. The summed E-state index contributed by atoms with van der Waals surface area (Å²) in [6.45, 7) is 8.42. The van der Waals surface area contributed by atoms with Crippen LogP contribution < -0.4 is 10.1 Å². The number of hydrogen-bond acceptors (Lipinski definition) is 4. The van der Waals surface area contributed by atoms with Crippen molar-refractivity contribution in [2.45, 2.75) is 26.3 Å². The molecular weight excluding hydrogens is 252 g/mol. The molecule has 0 bridgehead atoms. The van der Waals surface area contributed by atoms with Crippen LogP contribution in [0.1, 0.15) is 29.2 Å². The fraction of sp³-hybridized carbons (Fsp3) is 0.625. The molecule has 112 valence electrons. The monoisotopic (exact) mass is 278 g/mol. The van der Waals surface area contributed by atoms with Crippen LogP contribution in [-0.2, 0) is 0 Å². The molecule has 2 N–H and O–H groups in total. The Hall–Kier alpha value is -1.10. The normalized spacial score (nSPS) is 18.6. The van der Waals surface area contributed by atoms with Gasteiger partial charge in [0.15, 0.2) is 0 Å². The zero-order valence-electron chi connectivity index (χ0n) is 12.8. The molecule has 1 aliphatic heterocycles. The second-order valence-electron chi connectivity index (χ2n) is 5.44. The number of benzene rings is 1. The molecule has 1 aromatic carbocycles. The van der Waals surface area contributed by atoms with Crippen molar-refractivity contribution < 1.29 is 9.84 Å². The Balaban J connectivity index is 2.29. The highest BCUT2D eigenvalue weighted by Crippen LogP contribution is 2.30. The van der Waals surface area contributed by atoms with E-state index in [9.17, 15) is 5.11 Å². The van der Waals surface area contributed by atoms with Gasteiger partial charge in [-0.25, -0.2) is 0 Å². The number of aliphatic hydroxyl groups is 1. The lowest BCUT2D eigenvalue weighted by Gasteiger charge is -2.31. The lowest BCUT2D eigenvalue weighted by molar-refractivity contribution is 0.129. The highest BCUT2D eigenvalue weighted by atomic mass is 16.5. The molecule has 0 amide bonds. The van der Waals surface area contributed by atoms with Crippen molar-refractivity contribution in [2.75, 3.05) is 39.9 Å². The first-order chi connectivity index (χ1) is 9.69. The molecule has 1 saturated heterocycles. The van der Waals surface area contributed by atoms with Crippen LogP contribution in [-0.4, -0.2) is 49.9 Å². The summed E-state index contributed by atoms with van der Waals surface area (Å²) in [4.78, 5) is 2.38. The van der Waals surface area contributed by atoms with Gasteiger partial charge in [-0.1, -0.05) is 6.07 Å². The van der Waals surface area contributed by atoms with Crippen molar-refractivity contribution >= 4 is 0 Å². The fourth-order valence-electron chi connectivity index (χ4n) is 2.99. The zero-order chi connectivity index (χ0) is 14.5. The van der Waals surface area contributed by atoms with Crippen molar-refractivity contribution in [3.05, 3.63) is 28.8 Å². The van der Waals surface area contributed by atoms with Gasteiger partial charge in [0.2, 0.25) is 0 Å². The van der Waals surface area contributed by atoms with Gasteiger partial charge in [-0.3, -0.25) is 4.90 Å². The molecule has 0 radical (unpaired) electrons. The molecule has 1 aromatic rings. The maximum absolute atomic E-state index is 9.87. The third kappa shape index (κ3) is 3.14. The molecule has 1 fully saturated rings. The molecule has 1 unspecified atom stereocenters. The minimum atomic E-state index is 0.0829. The van der Waals surface area contributed by atoms with Crippen LogP contribution >= 0.6 is 0 Å². The highest BCUT2D eigenvalue weighted by molar-refractivity contribution is 5.44. The number of aliphatic hydroxyl groups excluding tert-OH is 1. The standard InChI is InChI=1S/C16H26N2O2/c1-12-13(2)16(20-3)6-5-14(12)15(11-19)18-9-4-7-17-8-10-18/h5-6,15,17,19H,4,7-11H2,1-3H3. The van der Waals surface area contributed by atoms with E-state index >= 15 is 0 Å². The molecule has 0 aromatic heterocycles. The predicted octanol–water partition coefficient (Wildman–Crippen LogP) is 1.64. The molecular formula is C16H26N2O2. The zero-order valence-corrected chi connectivity index (χ0v) is 12.8. The van der Waals surface area contributed by atoms with Gasteiger partial charge in [0, 0.05) is 19.6 Å². The van der Waals surface area contributed by atoms with E-state index in [1.807, 2.05) is 6.07 Å². The van der Waals surface area contributed by atoms with Crippen LogP contribution in [0.2, 0.25) is 0 Å². The first-order valence-corrected chi connectivity index (χ1v) is 7.38. The van der Waals surface area contributed by atoms with Crippen LogP contribution in [0.5, 0.6) is 5.75 Å². The summed E-state index contributed by atoms with van der Waals surface area (Å²) < 4.78 is 5.37. The molecule has 0 aliphatic carbocycles. The summed E-state index contributed by atoms with van der Waals surface area (Å²) in [5.41, 5.74) is 3.60. The van der Waals surface area contributed by atoms with E-state index in [2.05, 4.69) is 30.1 Å². The molecule has 4 nitrogen and oxygen atoms in total. The van der Waals surface area contributed by atoms with E-state index in [0.29, 0.717) is 0 Å². The Bertz CT molecular complexity index is 440. The van der Waals surface area contributed by atoms with E-state index in [1.165, 1.54) is 11.1 Å². The largest absolute Gasteiger partial charge is 0.496 e. The van der Waals surface area contributed by atoms with E-state index in [-0.39, 0.29) is 12.6 Å². The molecule has 0 spiro atoms. The van der Waals surface area contributed by atoms with Crippen molar-refractivity contribution in [1.29, 1.82) is 0 Å². The molecule has 20 heavy (non-hydrogen) atoms. The lowest BCUT2D eigenvalue weighted by atomic mass is 9.96. The van der Waals surface area contributed by atoms with Gasteiger partial charge in [0.25, 0.3) is 0 Å². The minimum absolute atomic E-state index is 0.0829. The topological polar surface area (TPSA) is 44.7 Å². The van der Waals surface area contributed by atoms with Crippen LogP contribution in [0.3, 0.4) is 0 Å². The van der Waals surface area contributed by atoms with Gasteiger partial charge in [0.05, 0.1) is 19.8 Å². The van der Waals surface area contributed by atoms with Gasteiger partial charge >= 0.3 is 0 Å². The number of methoxy groups -OCH3 is 1. The molecule has 0 saturated carbocycles. The lowest BCUT2D eigenvalue weighted by Crippen LogP contribution is -2.34. The molecule has 1 aliphatic rings. The number of nitrogens with zero attached hydrogens (tertiary/aromatic N) is 1. The third-order valence-corrected chi connectivity index (χ3v) is 4.35. The average molecular weight is 278 g/mol. The van der Waals surface area contributed by atoms with E-state index in [0.717, 1.165) is 43.9 Å². The van der Waals surface area contributed by atoms with Gasteiger partial charge in [-0.05, 0) is 49.6 Å². The first kappa shape index (κ1) is 15.3. The quantitative estimate of drug-likeness (QED) is 0.879. The van der Waals surface area contributed by atoms with Gasteiger partial charge in [-0.15, -0.1) is 0 Å². The molecule has 1 heterocycles. The predicted molar refractivity (Wildman–Crippen MR) is 81.4 cm³/mol. The summed E-state index contributed by atoms with van der Waals surface area (Å²) in [5, 5.41) is 13.3. The molecule has 4 heteroatoms. The van der Waals surface area contributed by atoms with Crippen LogP contribution in [0.25, 0.3) is 0 Å². The molecule has 2 rings (SSSR count). The number of nitrogens with one attached hydrogen (secondary N) is 1. The van der Waals surface area contributed by atoms with E-state index in [1.54, 1.807) is 7.11 Å². The number of rotatable bonds is 4. The Labute approximate surface area is 121 Å². The van der Waals surface area contributed by atoms with Crippen molar-refractivity contribution in [1.82, 2.24) is 10.2 Å². The minimum Gasteiger partial charge on any atom is -0.496 e. The van der Waals surface area contributed by atoms with Crippen LogP contribution in [0.4, 0.5) is 0 Å². The Morgan fingerprint density at radius 1 is 1.25 bits per heavy atom. The second-order valence-corrected chi connectivity index (χ2v) is 5.44. The Morgan fingerprint density at radius 2 is 2.05 bits per heavy atom. The number of ether oxygens (including phenoxy) is 1. The van der Waals surface area contributed by atoms with Crippen LogP contribution in [0.15, 0.2) is 12.1 Å². The van der Waals surface area contributed by atoms with Crippen molar-refractivity contribution in [3.8, 4) is 5.75 Å². The summed E-state index contributed by atoms with van der Waals surface area (Å²) in [7, 11) is 1.70. The summed E-state index contributed by atoms with van der Waals surface area (Å²) in [5.74, 6) is 0.917. The Morgan fingerprint density at radius 3 is 2.75 bits per heavy atom. The maximum Gasteiger partial charge on any atom is 0.122 e. The SMILES string of the molecule is COc1ccc(C(CO)N2CCCNCC2)c(C)c1C. The van der Waals surface area contributed by atoms with E-state index in [4.69, 9.17) is 4.74 Å². The summed E-state index contributed by atoms with van der Waals surface area (Å²) in [6.07, 6.45) is 1.13. The van der Waals surface area contributed by atoms with Gasteiger partial charge in [0.1, 0.15) is 5.75 Å². The second kappa shape index (κ2) is 7.07. The third-order valence-electron chi connectivity index (χ3n) is 4.35. The van der Waals surface area contributed by atoms with Gasteiger partial charge < -0.3 is 15.2 Å². The van der Waals surface area contributed by atoms with Crippen LogP contribution in [0, 0.1) is 13.8 Å². The maximum atomic E-state index is 9.87.